The minimum Gasteiger partial charge on any atom is -0.396 e. The number of hydrogen-bond acceptors (Lipinski definition) is 1. The van der Waals surface area contributed by atoms with E-state index >= 15 is 0 Å². The van der Waals surface area contributed by atoms with Crippen LogP contribution in [0.1, 0.15) is 128 Å². The lowest BCUT2D eigenvalue weighted by Crippen LogP contribution is -2.53. The quantitative estimate of drug-likeness (QED) is 0.438. The number of fused-ring (bicyclic) bond motifs is 5. The maximum Gasteiger partial charge on any atom is 0.0564 e. The molecule has 4 aliphatic rings. The highest BCUT2D eigenvalue weighted by molar-refractivity contribution is 5.09. The maximum absolute atomic E-state index is 10.0. The second kappa shape index (κ2) is 9.07. The molecule has 9 atom stereocenters. The molecular weight excluding hydrogens is 364 g/mol. The molecule has 0 radical (unpaired) electrons. The van der Waals surface area contributed by atoms with Crippen molar-refractivity contribution in [2.45, 2.75) is 118 Å². The van der Waals surface area contributed by atoms with E-state index in [1.54, 1.807) is 13.8 Å². The van der Waals surface area contributed by atoms with Crippen LogP contribution in [0.25, 0.3) is 0 Å². The maximum atomic E-state index is 10.0. The van der Waals surface area contributed by atoms with Crippen LogP contribution in [0, 0.1) is 58.1 Å². The standard InChI is InChI=1S/C29H52O/c1-20(2)22(16-19-30)10-9-21(3)25-13-14-26-24-12-11-23-8-6-7-17-28(23,4)27(24)15-18-29(25,26)5/h20-27,30H,6-19H2,1-5H3/t21-,22+,23?,24+,25-,26+,27+,28+,29-/m1/s1/i10D2,16D2,19D2,22D. The van der Waals surface area contributed by atoms with Crippen LogP contribution in [0.3, 0.4) is 0 Å². The zero-order valence-electron chi connectivity index (χ0n) is 27.3. The molecule has 0 heterocycles. The van der Waals surface area contributed by atoms with Gasteiger partial charge in [-0.25, -0.2) is 0 Å². The van der Waals surface area contributed by atoms with Crippen LogP contribution in [0.15, 0.2) is 0 Å². The normalized spacial score (nSPS) is 51.4. The van der Waals surface area contributed by atoms with Gasteiger partial charge in [-0.1, -0.05) is 53.9 Å². The van der Waals surface area contributed by atoms with E-state index in [9.17, 15) is 5.11 Å². The van der Waals surface area contributed by atoms with Crippen LogP contribution in [-0.4, -0.2) is 11.7 Å². The molecule has 1 N–H and O–H groups in total. The van der Waals surface area contributed by atoms with Crippen molar-refractivity contribution in [3.8, 4) is 0 Å². The number of hydrogen-bond donors (Lipinski definition) is 1. The first-order valence-electron chi connectivity index (χ1n) is 16.6. The Morgan fingerprint density at radius 2 is 1.67 bits per heavy atom. The lowest BCUT2D eigenvalue weighted by atomic mass is 9.44. The minimum absolute atomic E-state index is 0.00509. The molecule has 0 aromatic heterocycles. The summed E-state index contributed by atoms with van der Waals surface area (Å²) >= 11 is 0. The van der Waals surface area contributed by atoms with Crippen molar-refractivity contribution in [1.29, 1.82) is 0 Å². The van der Waals surface area contributed by atoms with Crippen molar-refractivity contribution in [3.63, 3.8) is 0 Å². The van der Waals surface area contributed by atoms with E-state index in [4.69, 9.17) is 9.60 Å². The lowest BCUT2D eigenvalue weighted by molar-refractivity contribution is -0.114. The summed E-state index contributed by atoms with van der Waals surface area (Å²) in [6, 6.07) is 0. The van der Waals surface area contributed by atoms with Crippen LogP contribution < -0.4 is 0 Å². The fraction of sp³-hybridized carbons (Fsp3) is 1.00. The fourth-order valence-corrected chi connectivity index (χ4v) is 9.14. The Labute approximate surface area is 198 Å². The highest BCUT2D eigenvalue weighted by Crippen LogP contribution is 2.68. The summed E-state index contributed by atoms with van der Waals surface area (Å²) < 4.78 is 59.1. The predicted octanol–water partition coefficient (Wildman–Crippen LogP) is 8.11. The number of aliphatic hydroxyl groups is 1. The van der Waals surface area contributed by atoms with Crippen molar-refractivity contribution < 1.29 is 14.7 Å². The molecular formula is C29H52O. The Hall–Kier alpha value is -0.0400. The van der Waals surface area contributed by atoms with Gasteiger partial charge in [0.1, 0.15) is 0 Å². The van der Waals surface area contributed by atoms with Gasteiger partial charge < -0.3 is 5.11 Å². The molecule has 30 heavy (non-hydrogen) atoms. The predicted molar refractivity (Wildman–Crippen MR) is 128 cm³/mol. The molecule has 0 bridgehead atoms. The van der Waals surface area contributed by atoms with Crippen LogP contribution in [0.2, 0.25) is 0 Å². The van der Waals surface area contributed by atoms with Gasteiger partial charge >= 0.3 is 0 Å². The van der Waals surface area contributed by atoms with E-state index < -0.39 is 31.1 Å². The van der Waals surface area contributed by atoms with Gasteiger partial charge in [0.2, 0.25) is 0 Å². The van der Waals surface area contributed by atoms with Crippen molar-refractivity contribution in [3.05, 3.63) is 0 Å². The van der Waals surface area contributed by atoms with E-state index in [-0.39, 0.29) is 17.8 Å². The van der Waals surface area contributed by atoms with Crippen LogP contribution >= 0.6 is 0 Å². The molecule has 174 valence electrons. The Kier molecular flexibility index (Phi) is 4.76. The van der Waals surface area contributed by atoms with Gasteiger partial charge in [0, 0.05) is 13.4 Å². The zero-order chi connectivity index (χ0) is 27.8. The van der Waals surface area contributed by atoms with Crippen molar-refractivity contribution in [2.24, 2.45) is 58.1 Å². The van der Waals surface area contributed by atoms with Gasteiger partial charge in [-0.15, -0.1) is 0 Å². The minimum atomic E-state index is -3.31. The largest absolute Gasteiger partial charge is 0.396 e. The molecule has 4 fully saturated rings. The van der Waals surface area contributed by atoms with E-state index in [2.05, 4.69) is 20.8 Å². The monoisotopic (exact) mass is 423 g/mol. The summed E-state index contributed by atoms with van der Waals surface area (Å²) in [5.74, 6) is 0.134. The third-order valence-electron chi connectivity index (χ3n) is 10.7. The SMILES string of the molecule is [2H]C([2H])(O)C([2H])([2H])[C@@]([2H])(C(C)C)C([2H])([2H])C[C@@H](C)[C@H]1CC[C@H]2[C@@H]3CCC4CCCC[C@]4(C)[C@H]3CC[C@]12C. The lowest BCUT2D eigenvalue weighted by Gasteiger charge is -2.61. The van der Waals surface area contributed by atoms with Gasteiger partial charge in [0.25, 0.3) is 0 Å². The summed E-state index contributed by atoms with van der Waals surface area (Å²) in [6.45, 7) is 6.92. The summed E-state index contributed by atoms with van der Waals surface area (Å²) in [4.78, 5) is 0. The second-order valence-electron chi connectivity index (χ2n) is 12.3. The van der Waals surface area contributed by atoms with Crippen LogP contribution in [-0.2, 0) is 0 Å². The van der Waals surface area contributed by atoms with Crippen LogP contribution in [0.5, 0.6) is 0 Å². The molecule has 0 aromatic rings. The van der Waals surface area contributed by atoms with Gasteiger partial charge in [-0.3, -0.25) is 0 Å². The Morgan fingerprint density at radius 1 is 0.900 bits per heavy atom. The Balaban J connectivity index is 1.56. The second-order valence-corrected chi connectivity index (χ2v) is 12.3. The summed E-state index contributed by atoms with van der Waals surface area (Å²) in [5, 5.41) is 10.0. The first-order valence-corrected chi connectivity index (χ1v) is 13.1. The number of rotatable bonds is 7. The molecule has 4 aliphatic carbocycles. The first kappa shape index (κ1) is 15.7. The van der Waals surface area contributed by atoms with E-state index in [1.165, 1.54) is 57.8 Å². The van der Waals surface area contributed by atoms with Crippen LogP contribution in [0.4, 0.5) is 0 Å². The molecule has 1 nitrogen and oxygen atoms in total. The average molecular weight is 424 g/mol. The summed E-state index contributed by atoms with van der Waals surface area (Å²) in [5.41, 5.74) is 0.627. The summed E-state index contributed by atoms with van der Waals surface area (Å²) in [7, 11) is 0. The van der Waals surface area contributed by atoms with Crippen molar-refractivity contribution >= 4 is 0 Å². The molecule has 4 rings (SSSR count). The molecule has 4 saturated carbocycles. The third kappa shape index (κ3) is 3.92. The molecule has 0 saturated heterocycles. The van der Waals surface area contributed by atoms with Gasteiger partial charge in [0.15, 0.2) is 0 Å². The summed E-state index contributed by atoms with van der Waals surface area (Å²) in [6.07, 6.45) is 7.57. The van der Waals surface area contributed by atoms with Gasteiger partial charge in [0.05, 0.1) is 2.74 Å². The molecule has 0 aliphatic heterocycles. The zero-order valence-corrected chi connectivity index (χ0v) is 20.3. The fourth-order valence-electron chi connectivity index (χ4n) is 9.14. The highest BCUT2D eigenvalue weighted by Gasteiger charge is 2.60. The van der Waals surface area contributed by atoms with Gasteiger partial charge in [-0.05, 0) is 122 Å². The topological polar surface area (TPSA) is 20.2 Å². The highest BCUT2D eigenvalue weighted by atomic mass is 16.3. The van der Waals surface area contributed by atoms with Gasteiger partial charge in [-0.2, -0.15) is 0 Å². The van der Waals surface area contributed by atoms with Crippen molar-refractivity contribution in [2.75, 3.05) is 6.56 Å². The third-order valence-corrected chi connectivity index (χ3v) is 10.7. The Bertz CT molecular complexity index is 841. The molecule has 0 spiro atoms. The molecule has 1 heteroatoms. The smallest absolute Gasteiger partial charge is 0.0564 e. The Morgan fingerprint density at radius 3 is 2.40 bits per heavy atom. The van der Waals surface area contributed by atoms with Crippen molar-refractivity contribution in [1.82, 2.24) is 0 Å². The molecule has 0 aromatic carbocycles. The first-order chi connectivity index (χ1) is 16.8. The van der Waals surface area contributed by atoms with E-state index in [0.717, 1.165) is 24.2 Å². The molecule has 0 amide bonds. The molecule has 1 unspecified atom stereocenters. The van der Waals surface area contributed by atoms with E-state index in [1.807, 2.05) is 0 Å². The van der Waals surface area contributed by atoms with E-state index in [0.29, 0.717) is 17.3 Å². The average Bonchev–Trinajstić information content (AvgIpc) is 3.14.